The summed E-state index contributed by atoms with van der Waals surface area (Å²) in [4.78, 5) is 0. The molecule has 1 N–H and O–H groups in total. The second-order valence-corrected chi connectivity index (χ2v) is 5.60. The van der Waals surface area contributed by atoms with Crippen LogP contribution >= 0.6 is 0 Å². The highest BCUT2D eigenvalue weighted by atomic mass is 16.5. The van der Waals surface area contributed by atoms with Gasteiger partial charge < -0.3 is 10.1 Å². The lowest BCUT2D eigenvalue weighted by Gasteiger charge is -2.21. The number of benzene rings is 1. The zero-order valence-corrected chi connectivity index (χ0v) is 11.8. The maximum atomic E-state index is 5.58. The molecule has 18 heavy (non-hydrogen) atoms. The highest BCUT2D eigenvalue weighted by Crippen LogP contribution is 2.30. The molecule has 0 saturated heterocycles. The Hall–Kier alpha value is -1.02. The fourth-order valence-corrected chi connectivity index (χ4v) is 2.55. The van der Waals surface area contributed by atoms with Crippen molar-refractivity contribution < 1.29 is 4.74 Å². The van der Waals surface area contributed by atoms with Crippen LogP contribution in [0.15, 0.2) is 18.2 Å². The predicted octanol–water partition coefficient (Wildman–Crippen LogP) is 3.71. The number of fused-ring (bicyclic) bond motifs is 1. The lowest BCUT2D eigenvalue weighted by molar-refractivity contribution is 0.356. The fourth-order valence-electron chi connectivity index (χ4n) is 2.55. The van der Waals surface area contributed by atoms with E-state index in [1.807, 2.05) is 0 Å². The van der Waals surface area contributed by atoms with Crippen molar-refractivity contribution >= 4 is 0 Å². The van der Waals surface area contributed by atoms with Crippen LogP contribution in [0.1, 0.15) is 50.8 Å². The molecule has 1 heterocycles. The summed E-state index contributed by atoms with van der Waals surface area (Å²) < 4.78 is 5.58. The molecule has 2 nitrogen and oxygen atoms in total. The molecule has 1 aliphatic heterocycles. The minimum absolute atomic E-state index is 0.482. The molecular weight excluding hydrogens is 222 g/mol. The summed E-state index contributed by atoms with van der Waals surface area (Å²) in [5, 5.41) is 3.67. The molecule has 1 atom stereocenters. The molecule has 0 amide bonds. The monoisotopic (exact) mass is 247 g/mol. The number of ether oxygens (including phenoxy) is 1. The van der Waals surface area contributed by atoms with Crippen molar-refractivity contribution in [3.05, 3.63) is 29.3 Å². The molecule has 0 fully saturated rings. The average molecular weight is 247 g/mol. The van der Waals surface area contributed by atoms with E-state index in [0.717, 1.165) is 25.3 Å². The van der Waals surface area contributed by atoms with Crippen LogP contribution in [-0.4, -0.2) is 13.2 Å². The van der Waals surface area contributed by atoms with Crippen molar-refractivity contribution in [2.75, 3.05) is 13.2 Å². The SMILES string of the molecule is CCCNC(CC(C)C)c1ccc2c(c1)CCO2. The van der Waals surface area contributed by atoms with E-state index in [1.54, 1.807) is 0 Å². The van der Waals surface area contributed by atoms with Crippen LogP contribution in [0, 0.1) is 5.92 Å². The molecular formula is C16H25NO. The number of hydrogen-bond acceptors (Lipinski definition) is 2. The summed E-state index contributed by atoms with van der Waals surface area (Å²) in [5.74, 6) is 1.79. The van der Waals surface area contributed by atoms with E-state index >= 15 is 0 Å². The van der Waals surface area contributed by atoms with E-state index in [9.17, 15) is 0 Å². The standard InChI is InChI=1S/C16H25NO/c1-4-8-17-15(10-12(2)3)13-5-6-16-14(11-13)7-9-18-16/h5-6,11-12,15,17H,4,7-10H2,1-3H3. The molecule has 0 aliphatic carbocycles. The fraction of sp³-hybridized carbons (Fsp3) is 0.625. The first-order chi connectivity index (χ1) is 8.70. The lowest BCUT2D eigenvalue weighted by atomic mass is 9.95. The normalized spacial score (nSPS) is 15.6. The van der Waals surface area contributed by atoms with Crippen molar-refractivity contribution in [2.24, 2.45) is 5.92 Å². The summed E-state index contributed by atoms with van der Waals surface area (Å²) in [7, 11) is 0. The van der Waals surface area contributed by atoms with Gasteiger partial charge in [-0.25, -0.2) is 0 Å². The maximum Gasteiger partial charge on any atom is 0.122 e. The van der Waals surface area contributed by atoms with E-state index in [4.69, 9.17) is 4.74 Å². The third kappa shape index (κ3) is 3.26. The van der Waals surface area contributed by atoms with Crippen molar-refractivity contribution in [3.8, 4) is 5.75 Å². The molecule has 0 saturated carbocycles. The van der Waals surface area contributed by atoms with Gasteiger partial charge in [0.1, 0.15) is 5.75 Å². The molecule has 2 heteroatoms. The number of hydrogen-bond donors (Lipinski definition) is 1. The summed E-state index contributed by atoms with van der Waals surface area (Å²) in [5.41, 5.74) is 2.79. The third-order valence-corrected chi connectivity index (χ3v) is 3.46. The Bertz CT molecular complexity index is 387. The first-order valence-electron chi connectivity index (χ1n) is 7.19. The highest BCUT2D eigenvalue weighted by Gasteiger charge is 2.17. The highest BCUT2D eigenvalue weighted by molar-refractivity contribution is 5.40. The zero-order chi connectivity index (χ0) is 13.0. The first-order valence-corrected chi connectivity index (χ1v) is 7.19. The smallest absolute Gasteiger partial charge is 0.122 e. The molecule has 0 radical (unpaired) electrons. The van der Waals surface area contributed by atoms with Crippen molar-refractivity contribution in [3.63, 3.8) is 0 Å². The summed E-state index contributed by atoms with van der Waals surface area (Å²) in [6, 6.07) is 7.17. The van der Waals surface area contributed by atoms with Gasteiger partial charge in [0.15, 0.2) is 0 Å². The van der Waals surface area contributed by atoms with Crippen LogP contribution in [0.5, 0.6) is 5.75 Å². The number of nitrogens with one attached hydrogen (secondary N) is 1. The van der Waals surface area contributed by atoms with E-state index in [-0.39, 0.29) is 0 Å². The van der Waals surface area contributed by atoms with Crippen LogP contribution in [0.2, 0.25) is 0 Å². The van der Waals surface area contributed by atoms with Gasteiger partial charge >= 0.3 is 0 Å². The molecule has 0 aromatic heterocycles. The van der Waals surface area contributed by atoms with Gasteiger partial charge in [-0.3, -0.25) is 0 Å². The largest absolute Gasteiger partial charge is 0.493 e. The number of rotatable bonds is 6. The first kappa shape index (κ1) is 13.4. The van der Waals surface area contributed by atoms with E-state index in [2.05, 4.69) is 44.3 Å². The van der Waals surface area contributed by atoms with Gasteiger partial charge in [-0.05, 0) is 42.5 Å². The minimum Gasteiger partial charge on any atom is -0.493 e. The van der Waals surface area contributed by atoms with Gasteiger partial charge in [-0.1, -0.05) is 32.9 Å². The van der Waals surface area contributed by atoms with E-state index in [1.165, 1.54) is 24.0 Å². The summed E-state index contributed by atoms with van der Waals surface area (Å²) in [6.45, 7) is 8.73. The maximum absolute atomic E-state index is 5.58. The lowest BCUT2D eigenvalue weighted by Crippen LogP contribution is -2.23. The van der Waals surface area contributed by atoms with Gasteiger partial charge in [0.2, 0.25) is 0 Å². The van der Waals surface area contributed by atoms with Gasteiger partial charge in [-0.15, -0.1) is 0 Å². The Morgan fingerprint density at radius 1 is 1.33 bits per heavy atom. The van der Waals surface area contributed by atoms with Crippen molar-refractivity contribution in [1.82, 2.24) is 5.32 Å². The third-order valence-electron chi connectivity index (χ3n) is 3.46. The predicted molar refractivity (Wildman–Crippen MR) is 76.1 cm³/mol. The Morgan fingerprint density at radius 3 is 2.89 bits per heavy atom. The van der Waals surface area contributed by atoms with Gasteiger partial charge in [0.25, 0.3) is 0 Å². The quantitative estimate of drug-likeness (QED) is 0.827. The van der Waals surface area contributed by atoms with Crippen LogP contribution in [0.3, 0.4) is 0 Å². The summed E-state index contributed by atoms with van der Waals surface area (Å²) >= 11 is 0. The Balaban J connectivity index is 2.13. The van der Waals surface area contributed by atoms with E-state index in [0.29, 0.717) is 12.0 Å². The Morgan fingerprint density at radius 2 is 2.17 bits per heavy atom. The van der Waals surface area contributed by atoms with Crippen molar-refractivity contribution in [2.45, 2.75) is 46.1 Å². The molecule has 1 aromatic rings. The van der Waals surface area contributed by atoms with E-state index < -0.39 is 0 Å². The molecule has 100 valence electrons. The van der Waals surface area contributed by atoms with Crippen LogP contribution in [-0.2, 0) is 6.42 Å². The Kier molecular flexibility index (Phi) is 4.65. The zero-order valence-electron chi connectivity index (χ0n) is 11.8. The second kappa shape index (κ2) is 6.24. The van der Waals surface area contributed by atoms with Gasteiger partial charge in [0.05, 0.1) is 6.61 Å². The summed E-state index contributed by atoms with van der Waals surface area (Å²) in [6.07, 6.45) is 3.44. The van der Waals surface area contributed by atoms with Crippen LogP contribution in [0.25, 0.3) is 0 Å². The van der Waals surface area contributed by atoms with Gasteiger partial charge in [0, 0.05) is 12.5 Å². The molecule has 0 spiro atoms. The molecule has 1 aromatic carbocycles. The molecule has 1 aliphatic rings. The molecule has 2 rings (SSSR count). The molecule has 1 unspecified atom stereocenters. The Labute approximate surface area is 111 Å². The van der Waals surface area contributed by atoms with Crippen LogP contribution in [0.4, 0.5) is 0 Å². The van der Waals surface area contributed by atoms with Crippen molar-refractivity contribution in [1.29, 1.82) is 0 Å². The van der Waals surface area contributed by atoms with Gasteiger partial charge in [-0.2, -0.15) is 0 Å². The topological polar surface area (TPSA) is 21.3 Å². The average Bonchev–Trinajstić information content (AvgIpc) is 2.81. The molecule has 0 bridgehead atoms. The second-order valence-electron chi connectivity index (χ2n) is 5.60. The minimum atomic E-state index is 0.482. The van der Waals surface area contributed by atoms with Crippen LogP contribution < -0.4 is 10.1 Å².